The molecule has 1 aromatic carbocycles. The lowest BCUT2D eigenvalue weighted by Gasteiger charge is -2.07. The van der Waals surface area contributed by atoms with Gasteiger partial charge in [-0.25, -0.2) is 9.67 Å². The summed E-state index contributed by atoms with van der Waals surface area (Å²) >= 11 is 1.37. The van der Waals surface area contributed by atoms with Crippen LogP contribution in [0, 0.1) is 13.8 Å². The molecule has 0 fully saturated rings. The fourth-order valence-corrected chi connectivity index (χ4v) is 3.88. The molecule has 0 aliphatic heterocycles. The van der Waals surface area contributed by atoms with Crippen LogP contribution in [0.25, 0.3) is 16.5 Å². The largest absolute Gasteiger partial charge is 0.462 e. The van der Waals surface area contributed by atoms with Gasteiger partial charge in [0.25, 0.3) is 11.5 Å². The summed E-state index contributed by atoms with van der Waals surface area (Å²) in [6.45, 7) is 3.61. The second-order valence-electron chi connectivity index (χ2n) is 6.29. The molecule has 0 spiro atoms. The van der Waals surface area contributed by atoms with Crippen LogP contribution in [0.5, 0.6) is 0 Å². The predicted molar refractivity (Wildman–Crippen MR) is 108 cm³/mol. The number of thiazole rings is 1. The maximum absolute atomic E-state index is 12.9. The van der Waals surface area contributed by atoms with Crippen molar-refractivity contribution in [2.45, 2.75) is 13.8 Å². The molecule has 0 unspecified atom stereocenters. The van der Waals surface area contributed by atoms with Crippen LogP contribution in [0.2, 0.25) is 0 Å². The fraction of sp³-hybridized carbons (Fsp3) is 0.150. The van der Waals surface area contributed by atoms with Crippen molar-refractivity contribution in [2.75, 3.05) is 5.32 Å². The van der Waals surface area contributed by atoms with Crippen molar-refractivity contribution in [1.29, 1.82) is 0 Å². The maximum Gasteiger partial charge on any atom is 0.295 e. The highest BCUT2D eigenvalue weighted by atomic mass is 32.1. The van der Waals surface area contributed by atoms with Gasteiger partial charge in [-0.15, -0.1) is 11.3 Å². The molecule has 3 heterocycles. The summed E-state index contributed by atoms with van der Waals surface area (Å²) in [5.74, 6) is 0.187. The summed E-state index contributed by atoms with van der Waals surface area (Å²) in [6, 6.07) is 12.8. The molecule has 0 aliphatic rings. The molecular weight excluding hydrogens is 376 g/mol. The van der Waals surface area contributed by atoms with E-state index in [2.05, 4.69) is 10.3 Å². The molecule has 0 radical (unpaired) electrons. The van der Waals surface area contributed by atoms with Crippen molar-refractivity contribution in [3.8, 4) is 16.5 Å². The normalized spacial score (nSPS) is 11.0. The van der Waals surface area contributed by atoms with E-state index in [0.29, 0.717) is 16.5 Å². The zero-order valence-electron chi connectivity index (χ0n) is 15.6. The molecule has 0 saturated heterocycles. The lowest BCUT2D eigenvalue weighted by molar-refractivity contribution is 0.102. The fourth-order valence-electron chi connectivity index (χ4n) is 3.00. The Morgan fingerprint density at radius 2 is 1.89 bits per heavy atom. The van der Waals surface area contributed by atoms with E-state index >= 15 is 0 Å². The highest BCUT2D eigenvalue weighted by Gasteiger charge is 2.22. The summed E-state index contributed by atoms with van der Waals surface area (Å²) in [5.41, 5.74) is 1.61. The first kappa shape index (κ1) is 18.0. The number of nitrogens with one attached hydrogen (secondary N) is 1. The Morgan fingerprint density at radius 1 is 1.14 bits per heavy atom. The van der Waals surface area contributed by atoms with Crippen LogP contribution in [0.4, 0.5) is 5.69 Å². The van der Waals surface area contributed by atoms with Crippen LogP contribution in [0.3, 0.4) is 0 Å². The van der Waals surface area contributed by atoms with Crippen LogP contribution in [-0.4, -0.2) is 20.3 Å². The van der Waals surface area contributed by atoms with Gasteiger partial charge in [0.1, 0.15) is 11.4 Å². The van der Waals surface area contributed by atoms with Crippen molar-refractivity contribution in [1.82, 2.24) is 14.3 Å². The number of nitrogens with zero attached hydrogens (tertiary/aromatic N) is 3. The van der Waals surface area contributed by atoms with Gasteiger partial charge in [-0.2, -0.15) is 0 Å². The van der Waals surface area contributed by atoms with Gasteiger partial charge in [-0.3, -0.25) is 14.3 Å². The Hall–Kier alpha value is -3.39. The minimum atomic E-state index is -0.419. The number of amides is 1. The Labute approximate surface area is 164 Å². The zero-order chi connectivity index (χ0) is 19.8. The number of carbonyl (C=O) groups excluding carboxylic acids is 1. The average Bonchev–Trinajstić information content (AvgIpc) is 3.39. The number of furan rings is 1. The van der Waals surface area contributed by atoms with Crippen molar-refractivity contribution in [2.24, 2.45) is 7.05 Å². The number of para-hydroxylation sites is 1. The minimum Gasteiger partial charge on any atom is -0.462 e. The number of carbonyl (C=O) groups is 1. The molecule has 28 heavy (non-hydrogen) atoms. The van der Waals surface area contributed by atoms with Crippen molar-refractivity contribution < 1.29 is 9.21 Å². The van der Waals surface area contributed by atoms with Gasteiger partial charge in [0.15, 0.2) is 10.8 Å². The Kier molecular flexibility index (Phi) is 4.48. The van der Waals surface area contributed by atoms with E-state index in [1.165, 1.54) is 16.0 Å². The van der Waals surface area contributed by atoms with E-state index in [-0.39, 0.29) is 16.9 Å². The third-order valence-corrected chi connectivity index (χ3v) is 5.52. The molecule has 0 aliphatic carbocycles. The van der Waals surface area contributed by atoms with Gasteiger partial charge < -0.3 is 9.73 Å². The molecule has 1 amide bonds. The van der Waals surface area contributed by atoms with Crippen molar-refractivity contribution >= 4 is 22.9 Å². The Bertz CT molecular complexity index is 1200. The van der Waals surface area contributed by atoms with E-state index < -0.39 is 5.91 Å². The smallest absolute Gasteiger partial charge is 0.295 e. The lowest BCUT2D eigenvalue weighted by atomic mass is 10.3. The lowest BCUT2D eigenvalue weighted by Crippen LogP contribution is -2.23. The van der Waals surface area contributed by atoms with Crippen LogP contribution in [0.15, 0.2) is 57.9 Å². The maximum atomic E-state index is 12.9. The molecule has 8 heteroatoms. The Balaban J connectivity index is 1.69. The third-order valence-electron chi connectivity index (χ3n) is 4.54. The Morgan fingerprint density at radius 3 is 2.57 bits per heavy atom. The molecule has 0 atom stereocenters. The van der Waals surface area contributed by atoms with Crippen LogP contribution < -0.4 is 10.9 Å². The molecule has 0 bridgehead atoms. The van der Waals surface area contributed by atoms with Gasteiger partial charge in [-0.05, 0) is 38.1 Å². The molecule has 0 saturated carbocycles. The average molecular weight is 394 g/mol. The molecular formula is C20H18N4O3S. The number of hydrogen-bond donors (Lipinski definition) is 1. The van der Waals surface area contributed by atoms with Gasteiger partial charge in [0.2, 0.25) is 0 Å². The molecule has 7 nitrogen and oxygen atoms in total. The number of rotatable bonds is 4. The third kappa shape index (κ3) is 2.97. The number of aryl methyl sites for hydroxylation is 1. The summed E-state index contributed by atoms with van der Waals surface area (Å²) in [6.07, 6.45) is 1.56. The van der Waals surface area contributed by atoms with Crippen molar-refractivity contribution in [3.63, 3.8) is 0 Å². The van der Waals surface area contributed by atoms with E-state index in [9.17, 15) is 9.59 Å². The molecule has 4 aromatic rings. The predicted octanol–water partition coefficient (Wildman–Crippen LogP) is 3.76. The summed E-state index contributed by atoms with van der Waals surface area (Å²) in [4.78, 5) is 30.9. The SMILES string of the molecule is Cc1sc(-c2ccco2)nc1C(=O)Nc1c(C)n(C)n(-c2ccccc2)c1=O. The van der Waals surface area contributed by atoms with Gasteiger partial charge in [-0.1, -0.05) is 18.2 Å². The van der Waals surface area contributed by atoms with Gasteiger partial charge in [0, 0.05) is 11.9 Å². The number of benzene rings is 1. The summed E-state index contributed by atoms with van der Waals surface area (Å²) in [5, 5.41) is 3.37. The van der Waals surface area contributed by atoms with E-state index in [1.807, 2.05) is 37.3 Å². The second kappa shape index (κ2) is 6.97. The number of hydrogen-bond acceptors (Lipinski definition) is 5. The number of aromatic nitrogens is 3. The monoisotopic (exact) mass is 394 g/mol. The topological polar surface area (TPSA) is 82.1 Å². The van der Waals surface area contributed by atoms with E-state index in [1.54, 1.807) is 37.0 Å². The first-order valence-electron chi connectivity index (χ1n) is 8.64. The molecule has 1 N–H and O–H groups in total. The van der Waals surface area contributed by atoms with Gasteiger partial charge in [0.05, 0.1) is 17.6 Å². The first-order chi connectivity index (χ1) is 13.5. The molecule has 3 aromatic heterocycles. The van der Waals surface area contributed by atoms with E-state index in [0.717, 1.165) is 10.6 Å². The molecule has 142 valence electrons. The highest BCUT2D eigenvalue weighted by molar-refractivity contribution is 7.15. The number of anilines is 1. The minimum absolute atomic E-state index is 0.239. The second-order valence-corrected chi connectivity index (χ2v) is 7.49. The quantitative estimate of drug-likeness (QED) is 0.571. The van der Waals surface area contributed by atoms with E-state index in [4.69, 9.17) is 4.42 Å². The first-order valence-corrected chi connectivity index (χ1v) is 9.45. The summed E-state index contributed by atoms with van der Waals surface area (Å²) in [7, 11) is 1.78. The van der Waals surface area contributed by atoms with Crippen molar-refractivity contribution in [3.05, 3.63) is 75.3 Å². The molecule has 4 rings (SSSR count). The van der Waals surface area contributed by atoms with Gasteiger partial charge >= 0.3 is 0 Å². The zero-order valence-corrected chi connectivity index (χ0v) is 16.4. The summed E-state index contributed by atoms with van der Waals surface area (Å²) < 4.78 is 8.59. The van der Waals surface area contributed by atoms with Crippen LogP contribution in [-0.2, 0) is 7.05 Å². The van der Waals surface area contributed by atoms with Crippen LogP contribution >= 0.6 is 11.3 Å². The standard InChI is InChI=1S/C20H18N4O3S/c1-12-16(20(26)24(23(12)3)14-8-5-4-6-9-14)21-18(25)17-13(2)28-19(22-17)15-10-7-11-27-15/h4-11H,1-3H3,(H,21,25). The highest BCUT2D eigenvalue weighted by Crippen LogP contribution is 2.28. The van der Waals surface area contributed by atoms with Crippen LogP contribution in [0.1, 0.15) is 21.1 Å².